The maximum atomic E-state index is 12.2. The predicted octanol–water partition coefficient (Wildman–Crippen LogP) is 3.19. The van der Waals surface area contributed by atoms with Gasteiger partial charge in [0.25, 0.3) is 5.91 Å². The van der Waals surface area contributed by atoms with Crippen LogP contribution in [0.1, 0.15) is 37.0 Å². The first-order chi connectivity index (χ1) is 9.59. The van der Waals surface area contributed by atoms with E-state index in [4.69, 9.17) is 11.6 Å². The first-order valence-electron chi connectivity index (χ1n) is 7.36. The molecule has 0 aliphatic carbocycles. The van der Waals surface area contributed by atoms with Crippen LogP contribution in [-0.4, -0.2) is 36.5 Å². The highest BCUT2D eigenvalue weighted by atomic mass is 35.5. The Bertz CT molecular complexity index is 456. The first-order valence-corrected chi connectivity index (χ1v) is 7.74. The van der Waals surface area contributed by atoms with E-state index in [-0.39, 0.29) is 5.91 Å². The fourth-order valence-corrected chi connectivity index (χ4v) is 3.02. The Kier molecular flexibility index (Phi) is 5.44. The Morgan fingerprint density at radius 1 is 1.30 bits per heavy atom. The topological polar surface area (TPSA) is 32.3 Å². The van der Waals surface area contributed by atoms with Crippen LogP contribution < -0.4 is 5.32 Å². The van der Waals surface area contributed by atoms with E-state index in [1.54, 1.807) is 12.1 Å². The molecule has 0 radical (unpaired) electrons. The molecule has 4 heteroatoms. The van der Waals surface area contributed by atoms with E-state index in [2.05, 4.69) is 24.1 Å². The van der Waals surface area contributed by atoms with Crippen molar-refractivity contribution in [3.63, 3.8) is 0 Å². The summed E-state index contributed by atoms with van der Waals surface area (Å²) in [6.07, 6.45) is 2.53. The minimum Gasteiger partial charge on any atom is -0.350 e. The van der Waals surface area contributed by atoms with Crippen LogP contribution in [0.4, 0.5) is 0 Å². The van der Waals surface area contributed by atoms with Crippen molar-refractivity contribution in [2.24, 2.45) is 5.92 Å². The molecule has 1 heterocycles. The van der Waals surface area contributed by atoms with Gasteiger partial charge in [-0.2, -0.15) is 0 Å². The Labute approximate surface area is 126 Å². The van der Waals surface area contributed by atoms with Crippen molar-refractivity contribution in [2.75, 3.05) is 19.6 Å². The van der Waals surface area contributed by atoms with E-state index in [0.717, 1.165) is 13.1 Å². The molecule has 20 heavy (non-hydrogen) atoms. The van der Waals surface area contributed by atoms with Crippen LogP contribution in [0.15, 0.2) is 24.3 Å². The van der Waals surface area contributed by atoms with Gasteiger partial charge in [0.05, 0.1) is 10.6 Å². The summed E-state index contributed by atoms with van der Waals surface area (Å²) in [5.41, 5.74) is 0.554. The maximum absolute atomic E-state index is 12.2. The average Bonchev–Trinajstić information content (AvgIpc) is 2.92. The van der Waals surface area contributed by atoms with E-state index in [1.807, 2.05) is 12.1 Å². The third kappa shape index (κ3) is 3.74. The average molecular weight is 295 g/mol. The van der Waals surface area contributed by atoms with E-state index >= 15 is 0 Å². The number of hydrogen-bond acceptors (Lipinski definition) is 2. The molecule has 1 unspecified atom stereocenters. The normalized spacial score (nSPS) is 17.4. The molecule has 1 atom stereocenters. The predicted molar refractivity (Wildman–Crippen MR) is 83.2 cm³/mol. The molecule has 0 bridgehead atoms. The zero-order valence-corrected chi connectivity index (χ0v) is 13.0. The van der Waals surface area contributed by atoms with Gasteiger partial charge in [-0.3, -0.25) is 9.69 Å². The summed E-state index contributed by atoms with van der Waals surface area (Å²) in [7, 11) is 0. The lowest BCUT2D eigenvalue weighted by molar-refractivity contribution is 0.0927. The van der Waals surface area contributed by atoms with Gasteiger partial charge in [-0.15, -0.1) is 0 Å². The number of hydrogen-bond donors (Lipinski definition) is 1. The number of rotatable bonds is 5. The molecule has 1 aliphatic rings. The second-order valence-electron chi connectivity index (χ2n) is 5.74. The zero-order chi connectivity index (χ0) is 14.5. The van der Waals surface area contributed by atoms with Crippen LogP contribution in [0.25, 0.3) is 0 Å². The van der Waals surface area contributed by atoms with Crippen LogP contribution in [0.5, 0.6) is 0 Å². The second kappa shape index (κ2) is 7.09. The molecule has 1 amide bonds. The van der Waals surface area contributed by atoms with E-state index in [0.29, 0.717) is 29.1 Å². The van der Waals surface area contributed by atoms with Gasteiger partial charge in [0.1, 0.15) is 0 Å². The molecular weight excluding hydrogens is 272 g/mol. The minimum atomic E-state index is -0.0829. The Morgan fingerprint density at radius 2 is 1.95 bits per heavy atom. The third-order valence-electron chi connectivity index (χ3n) is 3.97. The summed E-state index contributed by atoms with van der Waals surface area (Å²) in [6, 6.07) is 7.58. The first kappa shape index (κ1) is 15.3. The molecule has 1 aliphatic heterocycles. The largest absolute Gasteiger partial charge is 0.350 e. The lowest BCUT2D eigenvalue weighted by Crippen LogP contribution is -2.45. The number of carbonyl (C=O) groups excluding carboxylic acids is 1. The number of carbonyl (C=O) groups is 1. The zero-order valence-electron chi connectivity index (χ0n) is 12.2. The summed E-state index contributed by atoms with van der Waals surface area (Å²) >= 11 is 6.05. The number of amides is 1. The Balaban J connectivity index is 1.95. The molecule has 110 valence electrons. The van der Waals surface area contributed by atoms with Gasteiger partial charge >= 0.3 is 0 Å². The molecule has 1 aromatic carbocycles. The van der Waals surface area contributed by atoms with Crippen molar-refractivity contribution in [1.82, 2.24) is 10.2 Å². The molecule has 1 saturated heterocycles. The molecule has 2 rings (SSSR count). The Morgan fingerprint density at radius 3 is 2.55 bits per heavy atom. The molecule has 0 spiro atoms. The SMILES string of the molecule is CC(C)C(CNC(=O)c1ccccc1Cl)N1CCCC1. The lowest BCUT2D eigenvalue weighted by atomic mass is 10.0. The highest BCUT2D eigenvalue weighted by molar-refractivity contribution is 6.33. The van der Waals surface area contributed by atoms with Crippen molar-refractivity contribution in [3.05, 3.63) is 34.9 Å². The number of halogens is 1. The number of nitrogens with one attached hydrogen (secondary N) is 1. The molecule has 1 aromatic rings. The van der Waals surface area contributed by atoms with E-state index in [1.165, 1.54) is 12.8 Å². The number of likely N-dealkylation sites (tertiary alicyclic amines) is 1. The van der Waals surface area contributed by atoms with E-state index < -0.39 is 0 Å². The Hall–Kier alpha value is -1.06. The van der Waals surface area contributed by atoms with Gasteiger partial charge in [0.2, 0.25) is 0 Å². The molecule has 0 saturated carbocycles. The molecular formula is C16H23ClN2O. The summed E-state index contributed by atoms with van der Waals surface area (Å²) in [4.78, 5) is 14.7. The fourth-order valence-electron chi connectivity index (χ4n) is 2.80. The van der Waals surface area contributed by atoms with Crippen LogP contribution in [0.3, 0.4) is 0 Å². The van der Waals surface area contributed by atoms with Crippen molar-refractivity contribution >= 4 is 17.5 Å². The van der Waals surface area contributed by atoms with Crippen LogP contribution in [-0.2, 0) is 0 Å². The van der Waals surface area contributed by atoms with Gasteiger partial charge in [-0.25, -0.2) is 0 Å². The highest BCUT2D eigenvalue weighted by Gasteiger charge is 2.25. The van der Waals surface area contributed by atoms with Crippen molar-refractivity contribution in [3.8, 4) is 0 Å². The van der Waals surface area contributed by atoms with E-state index in [9.17, 15) is 4.79 Å². The van der Waals surface area contributed by atoms with Crippen LogP contribution in [0, 0.1) is 5.92 Å². The van der Waals surface area contributed by atoms with Gasteiger partial charge in [0, 0.05) is 12.6 Å². The van der Waals surface area contributed by atoms with Crippen molar-refractivity contribution in [1.29, 1.82) is 0 Å². The number of benzene rings is 1. The van der Waals surface area contributed by atoms with Crippen LogP contribution >= 0.6 is 11.6 Å². The third-order valence-corrected chi connectivity index (χ3v) is 4.30. The fraction of sp³-hybridized carbons (Fsp3) is 0.562. The minimum absolute atomic E-state index is 0.0829. The van der Waals surface area contributed by atoms with Gasteiger partial charge in [-0.05, 0) is 44.0 Å². The maximum Gasteiger partial charge on any atom is 0.252 e. The smallest absolute Gasteiger partial charge is 0.252 e. The standard InChI is InChI=1S/C16H23ClN2O/c1-12(2)15(19-9-5-6-10-19)11-18-16(20)13-7-3-4-8-14(13)17/h3-4,7-8,12,15H,5-6,9-11H2,1-2H3,(H,18,20). The molecule has 3 nitrogen and oxygen atoms in total. The van der Waals surface area contributed by atoms with Crippen molar-refractivity contribution in [2.45, 2.75) is 32.7 Å². The second-order valence-corrected chi connectivity index (χ2v) is 6.15. The molecule has 1 N–H and O–H groups in total. The van der Waals surface area contributed by atoms with Gasteiger partial charge in [-0.1, -0.05) is 37.6 Å². The summed E-state index contributed by atoms with van der Waals surface area (Å²) < 4.78 is 0. The lowest BCUT2D eigenvalue weighted by Gasteiger charge is -2.31. The van der Waals surface area contributed by atoms with Gasteiger partial charge < -0.3 is 5.32 Å². The van der Waals surface area contributed by atoms with Crippen LogP contribution in [0.2, 0.25) is 5.02 Å². The number of nitrogens with zero attached hydrogens (tertiary/aromatic N) is 1. The monoisotopic (exact) mass is 294 g/mol. The summed E-state index contributed by atoms with van der Waals surface area (Å²) in [5, 5.41) is 3.54. The highest BCUT2D eigenvalue weighted by Crippen LogP contribution is 2.18. The molecule has 0 aromatic heterocycles. The quantitative estimate of drug-likeness (QED) is 0.904. The van der Waals surface area contributed by atoms with Gasteiger partial charge in [0.15, 0.2) is 0 Å². The summed E-state index contributed by atoms with van der Waals surface area (Å²) in [5.74, 6) is 0.445. The van der Waals surface area contributed by atoms with Crippen molar-refractivity contribution < 1.29 is 4.79 Å². The summed E-state index contributed by atoms with van der Waals surface area (Å²) in [6.45, 7) is 7.40. The molecule has 1 fully saturated rings.